The van der Waals surface area contributed by atoms with E-state index >= 15 is 0 Å². The molecule has 0 bridgehead atoms. The minimum absolute atomic E-state index is 0.271. The Balaban J connectivity index is 2.62. The lowest BCUT2D eigenvalue weighted by Crippen LogP contribution is -2.38. The van der Waals surface area contributed by atoms with E-state index in [9.17, 15) is 4.79 Å². The van der Waals surface area contributed by atoms with E-state index in [0.29, 0.717) is 0 Å². The summed E-state index contributed by atoms with van der Waals surface area (Å²) in [6.07, 6.45) is 3.59. The molecule has 1 atom stereocenters. The predicted octanol–water partition coefficient (Wildman–Crippen LogP) is 0.922. The molecule has 0 aliphatic carbocycles. The molecule has 0 spiro atoms. The number of nitrogens with zero attached hydrogens (tertiary/aromatic N) is 3. The molecule has 3 N–H and O–H groups in total. The molecule has 1 aromatic heterocycles. The number of carbonyl (C=O) groups is 1. The van der Waals surface area contributed by atoms with Gasteiger partial charge in [0.05, 0.1) is 6.20 Å². The molecular formula is C14H27N5O. The Morgan fingerprint density at radius 3 is 2.55 bits per heavy atom. The van der Waals surface area contributed by atoms with Gasteiger partial charge in [0.2, 0.25) is 5.91 Å². The standard InChI is InChI=1S/C14H27N5O/c1-5-18(6-2)8-7-16-13(14(15)20)12-9-17-19(10-12)11(3)4/h9-11,13,16H,5-8H2,1-4H3,(H2,15,20). The van der Waals surface area contributed by atoms with Crippen molar-refractivity contribution in [1.29, 1.82) is 0 Å². The average molecular weight is 281 g/mol. The molecule has 1 aromatic rings. The summed E-state index contributed by atoms with van der Waals surface area (Å²) in [7, 11) is 0. The van der Waals surface area contributed by atoms with E-state index in [-0.39, 0.29) is 11.9 Å². The van der Waals surface area contributed by atoms with Crippen LogP contribution in [-0.4, -0.2) is 46.8 Å². The zero-order valence-electron chi connectivity index (χ0n) is 13.0. The summed E-state index contributed by atoms with van der Waals surface area (Å²) in [5.74, 6) is -0.368. The second kappa shape index (κ2) is 8.01. The topological polar surface area (TPSA) is 76.2 Å². The van der Waals surface area contributed by atoms with Crippen molar-refractivity contribution in [1.82, 2.24) is 20.0 Å². The first-order valence-corrected chi connectivity index (χ1v) is 7.28. The van der Waals surface area contributed by atoms with E-state index in [1.807, 2.05) is 24.7 Å². The first kappa shape index (κ1) is 16.7. The van der Waals surface area contributed by atoms with Gasteiger partial charge in [-0.1, -0.05) is 13.8 Å². The maximum Gasteiger partial charge on any atom is 0.239 e. The summed E-state index contributed by atoms with van der Waals surface area (Å²) in [6.45, 7) is 12.0. The maximum atomic E-state index is 11.6. The van der Waals surface area contributed by atoms with Gasteiger partial charge in [-0.3, -0.25) is 9.48 Å². The van der Waals surface area contributed by atoms with Gasteiger partial charge in [0.1, 0.15) is 6.04 Å². The van der Waals surface area contributed by atoms with Gasteiger partial charge in [0.25, 0.3) is 0 Å². The van der Waals surface area contributed by atoms with Crippen molar-refractivity contribution < 1.29 is 4.79 Å². The molecule has 0 fully saturated rings. The third-order valence-corrected chi connectivity index (χ3v) is 3.44. The van der Waals surface area contributed by atoms with Crippen LogP contribution >= 0.6 is 0 Å². The zero-order valence-corrected chi connectivity index (χ0v) is 13.0. The first-order chi connectivity index (χ1) is 9.49. The second-order valence-electron chi connectivity index (χ2n) is 5.16. The summed E-state index contributed by atoms with van der Waals surface area (Å²) in [5, 5.41) is 7.47. The van der Waals surface area contributed by atoms with E-state index in [2.05, 4.69) is 29.2 Å². The highest BCUT2D eigenvalue weighted by molar-refractivity contribution is 5.81. The van der Waals surface area contributed by atoms with Crippen molar-refractivity contribution in [3.05, 3.63) is 18.0 Å². The molecule has 0 saturated carbocycles. The number of likely N-dealkylation sites (N-methyl/N-ethyl adjacent to an activating group) is 1. The molecule has 6 nitrogen and oxygen atoms in total. The average Bonchev–Trinajstić information content (AvgIpc) is 2.88. The number of rotatable bonds is 9. The molecule has 0 aliphatic heterocycles. The van der Waals surface area contributed by atoms with E-state index in [1.54, 1.807) is 6.20 Å². The van der Waals surface area contributed by atoms with Crippen molar-refractivity contribution in [3.63, 3.8) is 0 Å². The predicted molar refractivity (Wildman–Crippen MR) is 80.3 cm³/mol. The summed E-state index contributed by atoms with van der Waals surface area (Å²) >= 11 is 0. The number of amides is 1. The number of hydrogen-bond donors (Lipinski definition) is 2. The van der Waals surface area contributed by atoms with Crippen LogP contribution in [0.1, 0.15) is 45.3 Å². The van der Waals surface area contributed by atoms with Gasteiger partial charge in [-0.25, -0.2) is 0 Å². The third-order valence-electron chi connectivity index (χ3n) is 3.44. The normalized spacial score (nSPS) is 13.1. The fourth-order valence-electron chi connectivity index (χ4n) is 2.07. The molecule has 0 aromatic carbocycles. The van der Waals surface area contributed by atoms with Crippen molar-refractivity contribution in [3.8, 4) is 0 Å². The van der Waals surface area contributed by atoms with Gasteiger partial charge in [-0.15, -0.1) is 0 Å². The Kier molecular flexibility index (Phi) is 6.67. The van der Waals surface area contributed by atoms with Gasteiger partial charge < -0.3 is 16.0 Å². The molecule has 1 heterocycles. The molecule has 1 unspecified atom stereocenters. The molecule has 0 aliphatic rings. The summed E-state index contributed by atoms with van der Waals surface area (Å²) in [6, 6.07) is -0.203. The highest BCUT2D eigenvalue weighted by Crippen LogP contribution is 2.13. The van der Waals surface area contributed by atoms with Gasteiger partial charge in [-0.05, 0) is 26.9 Å². The van der Waals surface area contributed by atoms with Gasteiger partial charge in [-0.2, -0.15) is 5.10 Å². The van der Waals surface area contributed by atoms with Crippen LogP contribution in [0.15, 0.2) is 12.4 Å². The summed E-state index contributed by atoms with van der Waals surface area (Å²) < 4.78 is 1.83. The number of hydrogen-bond acceptors (Lipinski definition) is 4. The van der Waals surface area contributed by atoms with E-state index in [0.717, 1.165) is 31.7 Å². The quantitative estimate of drug-likeness (QED) is 0.706. The van der Waals surface area contributed by atoms with Gasteiger partial charge in [0, 0.05) is 30.9 Å². The number of nitrogens with one attached hydrogen (secondary N) is 1. The highest BCUT2D eigenvalue weighted by atomic mass is 16.1. The van der Waals surface area contributed by atoms with Crippen molar-refractivity contribution in [2.75, 3.05) is 26.2 Å². The van der Waals surface area contributed by atoms with E-state index in [1.165, 1.54) is 0 Å². The Morgan fingerprint density at radius 2 is 2.10 bits per heavy atom. The van der Waals surface area contributed by atoms with Crippen LogP contribution in [0.25, 0.3) is 0 Å². The lowest BCUT2D eigenvalue weighted by Gasteiger charge is -2.20. The van der Waals surface area contributed by atoms with Crippen LogP contribution in [0.3, 0.4) is 0 Å². The third kappa shape index (κ3) is 4.61. The number of carbonyl (C=O) groups excluding carboxylic acids is 1. The van der Waals surface area contributed by atoms with Crippen LogP contribution < -0.4 is 11.1 Å². The SMILES string of the molecule is CCN(CC)CCNC(C(N)=O)c1cnn(C(C)C)c1. The largest absolute Gasteiger partial charge is 0.368 e. The maximum absolute atomic E-state index is 11.6. The van der Waals surface area contributed by atoms with Crippen LogP contribution in [0, 0.1) is 0 Å². The minimum atomic E-state index is -0.474. The Hall–Kier alpha value is -1.40. The van der Waals surface area contributed by atoms with Crippen molar-refractivity contribution in [2.45, 2.75) is 39.8 Å². The molecule has 0 saturated heterocycles. The summed E-state index contributed by atoms with van der Waals surface area (Å²) in [5.41, 5.74) is 6.31. The monoisotopic (exact) mass is 281 g/mol. The van der Waals surface area contributed by atoms with Crippen molar-refractivity contribution >= 4 is 5.91 Å². The lowest BCUT2D eigenvalue weighted by atomic mass is 10.1. The molecular weight excluding hydrogens is 254 g/mol. The zero-order chi connectivity index (χ0) is 15.1. The minimum Gasteiger partial charge on any atom is -0.368 e. The Bertz CT molecular complexity index is 411. The Morgan fingerprint density at radius 1 is 1.45 bits per heavy atom. The fourth-order valence-corrected chi connectivity index (χ4v) is 2.07. The van der Waals surface area contributed by atoms with Crippen LogP contribution in [0.2, 0.25) is 0 Å². The van der Waals surface area contributed by atoms with E-state index < -0.39 is 6.04 Å². The molecule has 0 radical (unpaired) electrons. The molecule has 1 rings (SSSR count). The van der Waals surface area contributed by atoms with Gasteiger partial charge in [0.15, 0.2) is 0 Å². The molecule has 114 valence electrons. The highest BCUT2D eigenvalue weighted by Gasteiger charge is 2.19. The molecule has 1 amide bonds. The van der Waals surface area contributed by atoms with Crippen LogP contribution in [0.5, 0.6) is 0 Å². The Labute approximate surface area is 121 Å². The molecule has 6 heteroatoms. The smallest absolute Gasteiger partial charge is 0.239 e. The fraction of sp³-hybridized carbons (Fsp3) is 0.714. The van der Waals surface area contributed by atoms with Crippen LogP contribution in [-0.2, 0) is 4.79 Å². The van der Waals surface area contributed by atoms with E-state index in [4.69, 9.17) is 5.73 Å². The van der Waals surface area contributed by atoms with Gasteiger partial charge >= 0.3 is 0 Å². The molecule has 20 heavy (non-hydrogen) atoms. The van der Waals surface area contributed by atoms with Crippen LogP contribution in [0.4, 0.5) is 0 Å². The second-order valence-corrected chi connectivity index (χ2v) is 5.16. The number of aromatic nitrogens is 2. The number of primary amides is 1. The first-order valence-electron chi connectivity index (χ1n) is 7.28. The number of nitrogens with two attached hydrogens (primary N) is 1. The summed E-state index contributed by atoms with van der Waals surface area (Å²) in [4.78, 5) is 13.9. The van der Waals surface area contributed by atoms with Crippen molar-refractivity contribution in [2.24, 2.45) is 5.73 Å². The lowest BCUT2D eigenvalue weighted by molar-refractivity contribution is -0.120.